The first kappa shape index (κ1) is 15.7. The Balaban J connectivity index is 1.85. The van der Waals surface area contributed by atoms with Gasteiger partial charge in [-0.2, -0.15) is 0 Å². The van der Waals surface area contributed by atoms with Crippen LogP contribution in [-0.2, 0) is 6.54 Å². The van der Waals surface area contributed by atoms with Crippen molar-refractivity contribution in [2.75, 3.05) is 6.54 Å². The van der Waals surface area contributed by atoms with E-state index in [-0.39, 0.29) is 0 Å². The molecule has 0 radical (unpaired) electrons. The van der Waals surface area contributed by atoms with Gasteiger partial charge in [-0.25, -0.2) is 0 Å². The summed E-state index contributed by atoms with van der Waals surface area (Å²) >= 11 is 0. The number of hydrogen-bond acceptors (Lipinski definition) is 2. The lowest BCUT2D eigenvalue weighted by molar-refractivity contribution is 0.174. The third kappa shape index (κ3) is 4.69. The van der Waals surface area contributed by atoms with Gasteiger partial charge in [0.2, 0.25) is 0 Å². The summed E-state index contributed by atoms with van der Waals surface area (Å²) in [5, 5.41) is 13.5. The number of aliphatic hydroxyl groups excluding tert-OH is 1. The number of hydrogen-bond donors (Lipinski definition) is 2. The van der Waals surface area contributed by atoms with Crippen LogP contribution in [-0.4, -0.2) is 11.7 Å². The van der Waals surface area contributed by atoms with E-state index in [1.165, 1.54) is 16.7 Å². The molecule has 2 heteroatoms. The second-order valence-corrected chi connectivity index (χ2v) is 5.96. The average molecular weight is 283 g/mol. The number of aryl methyl sites for hydroxylation is 1. The van der Waals surface area contributed by atoms with Crippen molar-refractivity contribution in [2.45, 2.75) is 39.3 Å². The zero-order valence-electron chi connectivity index (χ0n) is 13.1. The van der Waals surface area contributed by atoms with Crippen molar-refractivity contribution in [3.8, 4) is 0 Å². The first-order valence-corrected chi connectivity index (χ1v) is 7.60. The van der Waals surface area contributed by atoms with Crippen LogP contribution in [0.1, 0.15) is 48.1 Å². The van der Waals surface area contributed by atoms with Gasteiger partial charge >= 0.3 is 0 Å². The van der Waals surface area contributed by atoms with Crippen LogP contribution < -0.4 is 5.32 Å². The van der Waals surface area contributed by atoms with Crippen molar-refractivity contribution in [3.05, 3.63) is 70.8 Å². The first-order chi connectivity index (χ1) is 10.1. The van der Waals surface area contributed by atoms with Crippen LogP contribution in [0.3, 0.4) is 0 Å². The highest BCUT2D eigenvalue weighted by atomic mass is 16.3. The summed E-state index contributed by atoms with van der Waals surface area (Å²) in [5.41, 5.74) is 4.78. The van der Waals surface area contributed by atoms with Gasteiger partial charge in [-0.1, -0.05) is 67.9 Å². The van der Waals surface area contributed by atoms with Gasteiger partial charge in [0.05, 0.1) is 6.10 Å². The van der Waals surface area contributed by atoms with Gasteiger partial charge < -0.3 is 10.4 Å². The smallest absolute Gasteiger partial charge is 0.0914 e. The Morgan fingerprint density at radius 1 is 1.00 bits per heavy atom. The van der Waals surface area contributed by atoms with Crippen LogP contribution >= 0.6 is 0 Å². The number of aliphatic hydroxyl groups is 1. The number of benzene rings is 2. The van der Waals surface area contributed by atoms with Gasteiger partial charge in [0, 0.05) is 13.1 Å². The summed E-state index contributed by atoms with van der Waals surface area (Å²) in [5.74, 6) is 0.524. The van der Waals surface area contributed by atoms with Crippen LogP contribution in [0.4, 0.5) is 0 Å². The maximum Gasteiger partial charge on any atom is 0.0914 e. The van der Waals surface area contributed by atoms with E-state index in [2.05, 4.69) is 62.5 Å². The van der Waals surface area contributed by atoms with E-state index < -0.39 is 6.10 Å². The molecule has 0 saturated carbocycles. The average Bonchev–Trinajstić information content (AvgIpc) is 2.47. The SMILES string of the molecule is Cc1cccc(CNCC(O)c2ccc(C(C)C)cc2)c1. The van der Waals surface area contributed by atoms with Gasteiger partial charge in [0.15, 0.2) is 0 Å². The second-order valence-electron chi connectivity index (χ2n) is 5.96. The van der Waals surface area contributed by atoms with Crippen LogP contribution in [0, 0.1) is 6.92 Å². The standard InChI is InChI=1S/C19H25NO/c1-14(2)17-7-9-18(10-8-17)19(21)13-20-12-16-6-4-5-15(3)11-16/h4-11,14,19-21H,12-13H2,1-3H3. The van der Waals surface area contributed by atoms with Crippen LogP contribution in [0.2, 0.25) is 0 Å². The minimum Gasteiger partial charge on any atom is -0.387 e. The lowest BCUT2D eigenvalue weighted by Gasteiger charge is -2.14. The monoisotopic (exact) mass is 283 g/mol. The summed E-state index contributed by atoms with van der Waals surface area (Å²) < 4.78 is 0. The molecule has 0 aliphatic heterocycles. The molecular formula is C19H25NO. The summed E-state index contributed by atoms with van der Waals surface area (Å²) in [6.07, 6.45) is -0.462. The third-order valence-electron chi connectivity index (χ3n) is 3.74. The van der Waals surface area contributed by atoms with E-state index in [9.17, 15) is 5.11 Å². The van der Waals surface area contributed by atoms with E-state index in [1.807, 2.05) is 12.1 Å². The molecule has 0 amide bonds. The fraction of sp³-hybridized carbons (Fsp3) is 0.368. The van der Waals surface area contributed by atoms with E-state index >= 15 is 0 Å². The Hall–Kier alpha value is -1.64. The number of nitrogens with one attached hydrogen (secondary N) is 1. The molecule has 1 unspecified atom stereocenters. The molecule has 2 nitrogen and oxygen atoms in total. The van der Waals surface area contributed by atoms with Crippen molar-refractivity contribution in [3.63, 3.8) is 0 Å². The Kier molecular flexibility index (Phi) is 5.54. The van der Waals surface area contributed by atoms with Crippen molar-refractivity contribution in [1.29, 1.82) is 0 Å². The zero-order valence-corrected chi connectivity index (χ0v) is 13.1. The third-order valence-corrected chi connectivity index (χ3v) is 3.74. The molecule has 2 aromatic rings. The molecule has 0 fully saturated rings. The van der Waals surface area contributed by atoms with E-state index in [1.54, 1.807) is 0 Å². The summed E-state index contributed by atoms with van der Waals surface area (Å²) in [6, 6.07) is 16.7. The molecule has 2 N–H and O–H groups in total. The minimum atomic E-state index is -0.462. The molecule has 0 spiro atoms. The fourth-order valence-electron chi connectivity index (χ4n) is 2.40. The largest absolute Gasteiger partial charge is 0.387 e. The van der Waals surface area contributed by atoms with Gasteiger partial charge in [-0.15, -0.1) is 0 Å². The molecule has 0 aromatic heterocycles. The fourth-order valence-corrected chi connectivity index (χ4v) is 2.40. The molecule has 112 valence electrons. The maximum absolute atomic E-state index is 10.2. The Bertz CT molecular complexity index is 560. The van der Waals surface area contributed by atoms with Crippen molar-refractivity contribution in [1.82, 2.24) is 5.32 Å². The molecule has 21 heavy (non-hydrogen) atoms. The summed E-state index contributed by atoms with van der Waals surface area (Å²) in [6.45, 7) is 7.79. The van der Waals surface area contributed by atoms with E-state index in [0.717, 1.165) is 12.1 Å². The predicted molar refractivity (Wildman–Crippen MR) is 88.4 cm³/mol. The lowest BCUT2D eigenvalue weighted by Crippen LogP contribution is -2.21. The lowest BCUT2D eigenvalue weighted by atomic mass is 10.00. The zero-order chi connectivity index (χ0) is 15.2. The van der Waals surface area contributed by atoms with Crippen molar-refractivity contribution >= 4 is 0 Å². The Morgan fingerprint density at radius 3 is 2.29 bits per heavy atom. The molecule has 0 saturated heterocycles. The molecule has 0 heterocycles. The molecule has 0 bridgehead atoms. The Labute approximate surface area is 127 Å². The topological polar surface area (TPSA) is 32.3 Å². The molecule has 2 rings (SSSR count). The first-order valence-electron chi connectivity index (χ1n) is 7.60. The van der Waals surface area contributed by atoms with E-state index in [4.69, 9.17) is 0 Å². The van der Waals surface area contributed by atoms with Crippen molar-refractivity contribution in [2.24, 2.45) is 0 Å². The van der Waals surface area contributed by atoms with Crippen LogP contribution in [0.5, 0.6) is 0 Å². The van der Waals surface area contributed by atoms with Crippen LogP contribution in [0.15, 0.2) is 48.5 Å². The van der Waals surface area contributed by atoms with E-state index in [0.29, 0.717) is 12.5 Å². The highest BCUT2D eigenvalue weighted by Gasteiger charge is 2.07. The molecule has 0 aliphatic rings. The molecule has 1 atom stereocenters. The maximum atomic E-state index is 10.2. The van der Waals surface area contributed by atoms with Gasteiger partial charge in [0.25, 0.3) is 0 Å². The summed E-state index contributed by atoms with van der Waals surface area (Å²) in [7, 11) is 0. The highest BCUT2D eigenvalue weighted by molar-refractivity contribution is 5.26. The van der Waals surface area contributed by atoms with Crippen molar-refractivity contribution < 1.29 is 5.11 Å². The minimum absolute atomic E-state index is 0.462. The molecular weight excluding hydrogens is 258 g/mol. The molecule has 0 aliphatic carbocycles. The van der Waals surface area contributed by atoms with Gasteiger partial charge in [-0.05, 0) is 29.5 Å². The molecule has 2 aromatic carbocycles. The quantitative estimate of drug-likeness (QED) is 0.841. The normalized spacial score (nSPS) is 12.6. The highest BCUT2D eigenvalue weighted by Crippen LogP contribution is 2.18. The van der Waals surface area contributed by atoms with Crippen LogP contribution in [0.25, 0.3) is 0 Å². The predicted octanol–water partition coefficient (Wildman–Crippen LogP) is 3.94. The van der Waals surface area contributed by atoms with Gasteiger partial charge in [0.1, 0.15) is 0 Å². The summed E-state index contributed by atoms with van der Waals surface area (Å²) in [4.78, 5) is 0. The van der Waals surface area contributed by atoms with Gasteiger partial charge in [-0.3, -0.25) is 0 Å². The Morgan fingerprint density at radius 2 is 1.67 bits per heavy atom. The number of rotatable bonds is 6. The second kappa shape index (κ2) is 7.39.